The van der Waals surface area contributed by atoms with Crippen molar-refractivity contribution >= 4 is 18.5 Å². The van der Waals surface area contributed by atoms with E-state index in [0.29, 0.717) is 17.9 Å². The summed E-state index contributed by atoms with van der Waals surface area (Å²) in [5, 5.41) is 0. The van der Waals surface area contributed by atoms with Crippen LogP contribution in [0.5, 0.6) is 0 Å². The maximum Gasteiger partial charge on any atom is 0.226 e. The lowest BCUT2D eigenvalue weighted by molar-refractivity contribution is -0.130. The van der Waals surface area contributed by atoms with Gasteiger partial charge >= 0.3 is 0 Å². The predicted octanol–water partition coefficient (Wildman–Crippen LogP) is 2.08. The molecule has 2 heterocycles. The zero-order valence-corrected chi connectivity index (χ0v) is 9.84. The lowest BCUT2D eigenvalue weighted by Gasteiger charge is -2.16. The van der Waals surface area contributed by atoms with Gasteiger partial charge in [-0.1, -0.05) is 13.8 Å². The van der Waals surface area contributed by atoms with Gasteiger partial charge in [-0.15, -0.1) is 12.6 Å². The van der Waals surface area contributed by atoms with Gasteiger partial charge in [-0.3, -0.25) is 4.79 Å². The molecule has 78 valence electrons. The van der Waals surface area contributed by atoms with E-state index in [9.17, 15) is 4.79 Å². The van der Waals surface area contributed by atoms with Gasteiger partial charge in [0.25, 0.3) is 0 Å². The molecular weight excluding hydrogens is 194 g/mol. The van der Waals surface area contributed by atoms with Gasteiger partial charge in [-0.2, -0.15) is 0 Å². The molecule has 2 fully saturated rings. The van der Waals surface area contributed by atoms with E-state index in [1.54, 1.807) is 0 Å². The molecule has 0 aromatic rings. The van der Waals surface area contributed by atoms with Crippen LogP contribution >= 0.6 is 12.6 Å². The molecule has 3 heteroatoms. The number of rotatable bonds is 0. The minimum Gasteiger partial charge on any atom is -0.335 e. The first-order chi connectivity index (χ1) is 6.52. The monoisotopic (exact) mass is 211 g/mol. The number of nitrogens with zero attached hydrogens (tertiary/aromatic N) is 1. The molecule has 3 atom stereocenters. The fourth-order valence-corrected chi connectivity index (χ4v) is 2.70. The Morgan fingerprint density at radius 3 is 2.64 bits per heavy atom. The van der Waals surface area contributed by atoms with Gasteiger partial charge in [0.1, 0.15) is 0 Å². The topological polar surface area (TPSA) is 20.3 Å². The van der Waals surface area contributed by atoms with Crippen LogP contribution in [0.3, 0.4) is 0 Å². The molecule has 14 heavy (non-hydrogen) atoms. The Balaban J connectivity index is 2.25. The molecule has 0 bridgehead atoms. The Morgan fingerprint density at radius 2 is 2.14 bits per heavy atom. The molecule has 0 aliphatic carbocycles. The summed E-state index contributed by atoms with van der Waals surface area (Å²) in [4.78, 5) is 15.0. The summed E-state index contributed by atoms with van der Waals surface area (Å²) in [6.07, 6.45) is 1.03. The zero-order valence-electron chi connectivity index (χ0n) is 8.95. The van der Waals surface area contributed by atoms with Gasteiger partial charge < -0.3 is 4.90 Å². The highest BCUT2D eigenvalue weighted by Gasteiger charge is 2.46. The number of carbonyl (C=O) groups is 1. The summed E-state index contributed by atoms with van der Waals surface area (Å²) in [5.41, 5.74) is 1.34. The largest absolute Gasteiger partial charge is 0.335 e. The molecular formula is C11H17NOS. The molecule has 2 aliphatic heterocycles. The minimum atomic E-state index is 0.210. The van der Waals surface area contributed by atoms with E-state index in [1.807, 2.05) is 18.7 Å². The number of carbonyl (C=O) groups excluding carboxylic acids is 1. The first-order valence-electron chi connectivity index (χ1n) is 5.20. The van der Waals surface area contributed by atoms with Crippen LogP contribution in [0, 0.1) is 11.8 Å². The van der Waals surface area contributed by atoms with Crippen LogP contribution in [0.25, 0.3) is 0 Å². The maximum atomic E-state index is 11.8. The molecule has 2 nitrogen and oxygen atoms in total. The smallest absolute Gasteiger partial charge is 0.226 e. The third-order valence-corrected chi connectivity index (χ3v) is 4.11. The van der Waals surface area contributed by atoms with E-state index >= 15 is 0 Å². The lowest BCUT2D eigenvalue weighted by Crippen LogP contribution is -2.28. The van der Waals surface area contributed by atoms with E-state index < -0.39 is 0 Å². The molecule has 1 amide bonds. The predicted molar refractivity (Wildman–Crippen MR) is 60.1 cm³/mol. The van der Waals surface area contributed by atoms with E-state index in [0.717, 1.165) is 17.9 Å². The average Bonchev–Trinajstić information content (AvgIpc) is 2.64. The molecule has 2 rings (SSSR count). The Morgan fingerprint density at radius 1 is 1.50 bits per heavy atom. The number of amides is 1. The Labute approximate surface area is 90.8 Å². The Hall–Kier alpha value is -0.440. The van der Waals surface area contributed by atoms with Crippen LogP contribution < -0.4 is 0 Å². The molecule has 0 saturated carbocycles. The van der Waals surface area contributed by atoms with Gasteiger partial charge in [0.05, 0.1) is 0 Å². The number of hydrogen-bond acceptors (Lipinski definition) is 2. The summed E-state index contributed by atoms with van der Waals surface area (Å²) >= 11 is 4.36. The Bertz CT molecular complexity index is 306. The van der Waals surface area contributed by atoms with Crippen molar-refractivity contribution in [2.75, 3.05) is 6.54 Å². The van der Waals surface area contributed by atoms with Crippen LogP contribution in [0.2, 0.25) is 0 Å². The highest BCUT2D eigenvalue weighted by Crippen LogP contribution is 2.40. The first-order valence-corrected chi connectivity index (χ1v) is 5.65. The van der Waals surface area contributed by atoms with Crippen molar-refractivity contribution in [2.24, 2.45) is 11.8 Å². The van der Waals surface area contributed by atoms with E-state index in [4.69, 9.17) is 0 Å². The van der Waals surface area contributed by atoms with Crippen LogP contribution in [0.4, 0.5) is 0 Å². The molecule has 0 radical (unpaired) electrons. The molecule has 0 aromatic carbocycles. The normalized spacial score (nSPS) is 40.4. The minimum absolute atomic E-state index is 0.210. The number of allylic oxidation sites excluding steroid dienone is 1. The van der Waals surface area contributed by atoms with Gasteiger partial charge in [-0.25, -0.2) is 0 Å². The Kier molecular flexibility index (Phi) is 2.38. The second-order valence-corrected chi connectivity index (χ2v) is 5.25. The first kappa shape index (κ1) is 10.1. The quantitative estimate of drug-likeness (QED) is 0.608. The molecule has 3 unspecified atom stereocenters. The van der Waals surface area contributed by atoms with Crippen LogP contribution in [-0.2, 0) is 4.79 Å². The molecule has 0 spiro atoms. The second-order valence-electron chi connectivity index (χ2n) is 4.57. The van der Waals surface area contributed by atoms with Crippen molar-refractivity contribution in [1.82, 2.24) is 4.90 Å². The van der Waals surface area contributed by atoms with Crippen LogP contribution in [-0.4, -0.2) is 23.4 Å². The van der Waals surface area contributed by atoms with Gasteiger partial charge in [0, 0.05) is 18.5 Å². The SMILES string of the molecule is C/C(S)=C1/CC2C(C)C(C)C(=O)N2C1. The van der Waals surface area contributed by atoms with Gasteiger partial charge in [-0.05, 0) is 29.7 Å². The third-order valence-electron chi connectivity index (χ3n) is 3.80. The summed E-state index contributed by atoms with van der Waals surface area (Å²) < 4.78 is 0. The lowest BCUT2D eigenvalue weighted by atomic mass is 9.91. The molecule has 2 saturated heterocycles. The van der Waals surface area contributed by atoms with Crippen molar-refractivity contribution < 1.29 is 4.79 Å². The van der Waals surface area contributed by atoms with Crippen molar-refractivity contribution in [2.45, 2.75) is 33.2 Å². The third kappa shape index (κ3) is 1.29. The maximum absolute atomic E-state index is 11.8. The van der Waals surface area contributed by atoms with Crippen molar-refractivity contribution in [3.8, 4) is 0 Å². The zero-order chi connectivity index (χ0) is 10.5. The van der Waals surface area contributed by atoms with Crippen LogP contribution in [0.1, 0.15) is 27.2 Å². The number of thiol groups is 1. The van der Waals surface area contributed by atoms with Crippen molar-refractivity contribution in [3.63, 3.8) is 0 Å². The summed E-state index contributed by atoms with van der Waals surface area (Å²) in [6.45, 7) is 7.05. The van der Waals surface area contributed by atoms with E-state index in [2.05, 4.69) is 19.6 Å². The highest BCUT2D eigenvalue weighted by atomic mass is 32.1. The fraction of sp³-hybridized carbons (Fsp3) is 0.727. The summed E-state index contributed by atoms with van der Waals surface area (Å²) in [7, 11) is 0. The summed E-state index contributed by atoms with van der Waals surface area (Å²) in [5.74, 6) is 1.03. The summed E-state index contributed by atoms with van der Waals surface area (Å²) in [6, 6.07) is 0.439. The standard InChI is InChI=1S/C11H17NOS/c1-6-7(2)11(13)12-5-9(8(3)14)4-10(6)12/h6-7,10,14H,4-5H2,1-3H3/b9-8+. The second kappa shape index (κ2) is 3.30. The van der Waals surface area contributed by atoms with Gasteiger partial charge in [0.15, 0.2) is 0 Å². The fourth-order valence-electron chi connectivity index (χ4n) is 2.54. The highest BCUT2D eigenvalue weighted by molar-refractivity contribution is 7.84. The van der Waals surface area contributed by atoms with Crippen LogP contribution in [0.15, 0.2) is 10.5 Å². The molecule has 0 aromatic heterocycles. The molecule has 2 aliphatic rings. The average molecular weight is 211 g/mol. The number of fused-ring (bicyclic) bond motifs is 1. The van der Waals surface area contributed by atoms with E-state index in [1.165, 1.54) is 5.57 Å². The van der Waals surface area contributed by atoms with Crippen molar-refractivity contribution in [3.05, 3.63) is 10.5 Å². The number of hydrogen-bond donors (Lipinski definition) is 1. The van der Waals surface area contributed by atoms with Crippen molar-refractivity contribution in [1.29, 1.82) is 0 Å². The van der Waals surface area contributed by atoms with Gasteiger partial charge in [0.2, 0.25) is 5.91 Å². The molecule has 0 N–H and O–H groups in total. The van der Waals surface area contributed by atoms with E-state index in [-0.39, 0.29) is 5.92 Å².